The molecule has 1 unspecified atom stereocenters. The third-order valence-electron chi connectivity index (χ3n) is 5.34. The summed E-state index contributed by atoms with van der Waals surface area (Å²) in [7, 11) is -4.19. The van der Waals surface area contributed by atoms with E-state index in [4.69, 9.17) is 16.3 Å². The van der Waals surface area contributed by atoms with Crippen molar-refractivity contribution in [1.82, 2.24) is 9.21 Å². The van der Waals surface area contributed by atoms with Crippen LogP contribution in [-0.2, 0) is 21.2 Å². The molecule has 1 amide bonds. The number of piperazine rings is 1. The van der Waals surface area contributed by atoms with Crippen molar-refractivity contribution in [2.24, 2.45) is 5.92 Å². The van der Waals surface area contributed by atoms with Gasteiger partial charge >= 0.3 is 0 Å². The topological polar surface area (TPSA) is 66.9 Å². The molecule has 30 heavy (non-hydrogen) atoms. The van der Waals surface area contributed by atoms with E-state index in [0.717, 1.165) is 22.0 Å². The number of amides is 1. The van der Waals surface area contributed by atoms with E-state index in [2.05, 4.69) is 0 Å². The minimum absolute atomic E-state index is 0.0000188. The maximum absolute atomic E-state index is 14.0. The molecular formula is C20H19ClF2N2O4S. The van der Waals surface area contributed by atoms with Crippen molar-refractivity contribution in [2.45, 2.75) is 11.3 Å². The van der Waals surface area contributed by atoms with Crippen LogP contribution in [0.3, 0.4) is 0 Å². The fraction of sp³-hybridized carbons (Fsp3) is 0.350. The van der Waals surface area contributed by atoms with Gasteiger partial charge in [-0.1, -0.05) is 11.6 Å². The van der Waals surface area contributed by atoms with Gasteiger partial charge in [-0.15, -0.1) is 0 Å². The Labute approximate surface area is 178 Å². The van der Waals surface area contributed by atoms with Crippen LogP contribution in [0.25, 0.3) is 0 Å². The highest BCUT2D eigenvalue weighted by Gasteiger charge is 2.35. The Hall–Kier alpha value is -2.23. The molecule has 10 heteroatoms. The average Bonchev–Trinajstić information content (AvgIpc) is 2.74. The minimum atomic E-state index is -4.19. The molecule has 0 bridgehead atoms. The summed E-state index contributed by atoms with van der Waals surface area (Å²) < 4.78 is 59.5. The molecule has 1 atom stereocenters. The van der Waals surface area contributed by atoms with Gasteiger partial charge in [0.25, 0.3) is 0 Å². The van der Waals surface area contributed by atoms with Crippen LogP contribution in [0.2, 0.25) is 5.02 Å². The molecule has 1 saturated heterocycles. The summed E-state index contributed by atoms with van der Waals surface area (Å²) in [4.78, 5) is 13.8. The van der Waals surface area contributed by atoms with E-state index in [9.17, 15) is 22.0 Å². The predicted molar refractivity (Wildman–Crippen MR) is 106 cm³/mol. The van der Waals surface area contributed by atoms with E-state index in [1.807, 2.05) is 0 Å². The van der Waals surface area contributed by atoms with Gasteiger partial charge in [-0.2, -0.15) is 4.31 Å². The Bertz CT molecular complexity index is 1090. The fourth-order valence-electron chi connectivity index (χ4n) is 3.74. The summed E-state index contributed by atoms with van der Waals surface area (Å²) in [6.45, 7) is 0.558. The first kappa shape index (κ1) is 21.0. The first-order chi connectivity index (χ1) is 14.3. The van der Waals surface area contributed by atoms with Crippen LogP contribution in [0.1, 0.15) is 5.56 Å². The number of ether oxygens (including phenoxy) is 1. The third kappa shape index (κ3) is 4.01. The smallest absolute Gasteiger partial charge is 0.246 e. The second kappa shape index (κ2) is 8.13. The minimum Gasteiger partial charge on any atom is -0.492 e. The molecule has 0 radical (unpaired) electrons. The molecule has 2 aromatic carbocycles. The van der Waals surface area contributed by atoms with Crippen LogP contribution >= 0.6 is 11.6 Å². The van der Waals surface area contributed by atoms with Crippen molar-refractivity contribution in [3.63, 3.8) is 0 Å². The van der Waals surface area contributed by atoms with Gasteiger partial charge in [-0.3, -0.25) is 4.79 Å². The molecule has 0 N–H and O–H groups in total. The van der Waals surface area contributed by atoms with E-state index in [1.54, 1.807) is 23.1 Å². The van der Waals surface area contributed by atoms with Gasteiger partial charge in [0.2, 0.25) is 15.9 Å². The van der Waals surface area contributed by atoms with Crippen LogP contribution in [0.4, 0.5) is 8.78 Å². The quantitative estimate of drug-likeness (QED) is 0.712. The lowest BCUT2D eigenvalue weighted by atomic mass is 9.95. The number of fused-ring (bicyclic) bond motifs is 1. The number of carbonyl (C=O) groups excluding carboxylic acids is 1. The maximum Gasteiger partial charge on any atom is 0.246 e. The Morgan fingerprint density at radius 3 is 2.53 bits per heavy atom. The van der Waals surface area contributed by atoms with E-state index < -0.39 is 26.6 Å². The summed E-state index contributed by atoms with van der Waals surface area (Å²) in [5.41, 5.74) is 0.856. The molecule has 2 aliphatic rings. The fourth-order valence-corrected chi connectivity index (χ4v) is 5.44. The Balaban J connectivity index is 1.42. The third-order valence-corrected chi connectivity index (χ3v) is 7.49. The molecule has 0 spiro atoms. The van der Waals surface area contributed by atoms with Crippen molar-refractivity contribution < 1.29 is 26.7 Å². The van der Waals surface area contributed by atoms with Crippen molar-refractivity contribution in [3.8, 4) is 5.75 Å². The highest BCUT2D eigenvalue weighted by atomic mass is 35.5. The molecule has 6 nitrogen and oxygen atoms in total. The summed E-state index contributed by atoms with van der Waals surface area (Å²) in [6, 6.07) is 7.59. The molecule has 0 saturated carbocycles. The van der Waals surface area contributed by atoms with Crippen LogP contribution in [0, 0.1) is 17.6 Å². The number of halogens is 3. The van der Waals surface area contributed by atoms with Gasteiger partial charge < -0.3 is 9.64 Å². The largest absolute Gasteiger partial charge is 0.492 e. The monoisotopic (exact) mass is 456 g/mol. The van der Waals surface area contributed by atoms with E-state index in [1.165, 1.54) is 0 Å². The SMILES string of the molecule is O=C(C1COc2ccc(Cl)cc2C1)N1CCN(S(=O)(=O)c2cc(F)ccc2F)CC1. The van der Waals surface area contributed by atoms with Gasteiger partial charge in [0.05, 0.1) is 5.92 Å². The lowest BCUT2D eigenvalue weighted by Gasteiger charge is -2.36. The molecule has 2 heterocycles. The van der Waals surface area contributed by atoms with Crippen molar-refractivity contribution in [3.05, 3.63) is 58.6 Å². The van der Waals surface area contributed by atoms with Crippen LogP contribution < -0.4 is 4.74 Å². The molecule has 160 valence electrons. The lowest BCUT2D eigenvalue weighted by Crippen LogP contribution is -2.53. The first-order valence-corrected chi connectivity index (χ1v) is 11.2. The Morgan fingerprint density at radius 1 is 1.07 bits per heavy atom. The zero-order valence-electron chi connectivity index (χ0n) is 15.9. The molecule has 2 aliphatic heterocycles. The number of rotatable bonds is 3. The molecule has 2 aromatic rings. The van der Waals surface area contributed by atoms with Crippen LogP contribution in [0.15, 0.2) is 41.3 Å². The average molecular weight is 457 g/mol. The second-order valence-corrected chi connectivity index (χ2v) is 9.61. The summed E-state index contributed by atoms with van der Waals surface area (Å²) >= 11 is 6.02. The number of sulfonamides is 1. The van der Waals surface area contributed by atoms with E-state index in [0.29, 0.717) is 23.3 Å². The summed E-state index contributed by atoms with van der Waals surface area (Å²) in [6.07, 6.45) is 0.488. The Morgan fingerprint density at radius 2 is 1.80 bits per heavy atom. The number of nitrogens with zero attached hydrogens (tertiary/aromatic N) is 2. The van der Waals surface area contributed by atoms with Crippen LogP contribution in [0.5, 0.6) is 5.75 Å². The lowest BCUT2D eigenvalue weighted by molar-refractivity contribution is -0.138. The summed E-state index contributed by atoms with van der Waals surface area (Å²) in [5.74, 6) is -1.65. The van der Waals surface area contributed by atoms with Gasteiger partial charge in [-0.25, -0.2) is 17.2 Å². The van der Waals surface area contributed by atoms with Crippen molar-refractivity contribution in [1.29, 1.82) is 0 Å². The maximum atomic E-state index is 14.0. The predicted octanol–water partition coefficient (Wildman–Crippen LogP) is 2.70. The van der Waals surface area contributed by atoms with Crippen molar-refractivity contribution >= 4 is 27.5 Å². The number of carbonyl (C=O) groups is 1. The van der Waals surface area contributed by atoms with Gasteiger partial charge in [0.15, 0.2) is 0 Å². The molecule has 0 aromatic heterocycles. The first-order valence-electron chi connectivity index (χ1n) is 9.41. The Kier molecular flexibility index (Phi) is 5.69. The van der Waals surface area contributed by atoms with Crippen LogP contribution in [-0.4, -0.2) is 56.3 Å². The zero-order chi connectivity index (χ0) is 21.5. The molecular weight excluding hydrogens is 438 g/mol. The number of hydrogen-bond acceptors (Lipinski definition) is 4. The zero-order valence-corrected chi connectivity index (χ0v) is 17.4. The molecule has 1 fully saturated rings. The normalized spacial score (nSPS) is 19.8. The number of hydrogen-bond donors (Lipinski definition) is 0. The summed E-state index contributed by atoms with van der Waals surface area (Å²) in [5, 5.41) is 0.564. The van der Waals surface area contributed by atoms with E-state index in [-0.39, 0.29) is 44.6 Å². The highest BCUT2D eigenvalue weighted by Crippen LogP contribution is 2.31. The second-order valence-electron chi connectivity index (χ2n) is 7.27. The van der Waals surface area contributed by atoms with Gasteiger partial charge in [0, 0.05) is 31.2 Å². The van der Waals surface area contributed by atoms with Crippen molar-refractivity contribution in [2.75, 3.05) is 32.8 Å². The van der Waals surface area contributed by atoms with E-state index >= 15 is 0 Å². The molecule has 4 rings (SSSR count). The molecule has 0 aliphatic carbocycles. The highest BCUT2D eigenvalue weighted by molar-refractivity contribution is 7.89. The van der Waals surface area contributed by atoms with Gasteiger partial charge in [0.1, 0.15) is 28.9 Å². The van der Waals surface area contributed by atoms with Gasteiger partial charge in [-0.05, 0) is 48.4 Å². The number of benzene rings is 2. The standard InChI is InChI=1S/C20H19ClF2N2O4S/c21-15-1-4-18-13(10-15)9-14(12-29-18)20(26)24-5-7-25(8-6-24)30(27,28)19-11-16(22)2-3-17(19)23/h1-4,10-11,14H,5-9,12H2.